The second-order valence-electron chi connectivity index (χ2n) is 6.77. The standard InChI is InChI=1S/C17H21N3O2/c1-12-9-17(22-10-12)7-8-20(11-17)16(21)15-13-5-3-4-6-14(13)19(2)18-15/h3-6,12H,7-11H2,1-2H3. The number of hydrogen-bond donors (Lipinski definition) is 0. The summed E-state index contributed by atoms with van der Waals surface area (Å²) in [6.07, 6.45) is 1.99. The highest BCUT2D eigenvalue weighted by Crippen LogP contribution is 2.38. The molecule has 116 valence electrons. The van der Waals surface area contributed by atoms with Gasteiger partial charge in [0.15, 0.2) is 5.69 Å². The van der Waals surface area contributed by atoms with Gasteiger partial charge in [0.25, 0.3) is 5.91 Å². The molecule has 1 spiro atoms. The van der Waals surface area contributed by atoms with Gasteiger partial charge < -0.3 is 9.64 Å². The van der Waals surface area contributed by atoms with E-state index in [1.54, 1.807) is 4.68 Å². The average Bonchev–Trinajstić information content (AvgIpc) is 3.19. The molecule has 5 nitrogen and oxygen atoms in total. The summed E-state index contributed by atoms with van der Waals surface area (Å²) in [7, 11) is 1.88. The Morgan fingerprint density at radius 2 is 2.23 bits per heavy atom. The number of nitrogens with zero attached hydrogens (tertiary/aromatic N) is 3. The van der Waals surface area contributed by atoms with Crippen molar-refractivity contribution < 1.29 is 9.53 Å². The van der Waals surface area contributed by atoms with Gasteiger partial charge in [0, 0.05) is 19.0 Å². The van der Waals surface area contributed by atoms with Gasteiger partial charge in [-0.25, -0.2) is 0 Å². The lowest BCUT2D eigenvalue weighted by Crippen LogP contribution is -2.36. The molecule has 0 aliphatic carbocycles. The minimum Gasteiger partial charge on any atom is -0.373 e. The number of carbonyl (C=O) groups excluding carboxylic acids is 1. The van der Waals surface area contributed by atoms with Crippen molar-refractivity contribution in [2.75, 3.05) is 19.7 Å². The van der Waals surface area contributed by atoms with Crippen LogP contribution in [-0.2, 0) is 11.8 Å². The highest BCUT2D eigenvalue weighted by Gasteiger charge is 2.46. The number of rotatable bonds is 1. The first-order chi connectivity index (χ1) is 10.6. The Hall–Kier alpha value is -1.88. The number of amides is 1. The van der Waals surface area contributed by atoms with Gasteiger partial charge in [-0.05, 0) is 24.8 Å². The summed E-state index contributed by atoms with van der Waals surface area (Å²) >= 11 is 0. The van der Waals surface area contributed by atoms with Gasteiger partial charge in [-0.15, -0.1) is 0 Å². The molecule has 1 amide bonds. The molecule has 0 N–H and O–H groups in total. The summed E-state index contributed by atoms with van der Waals surface area (Å²) in [6.45, 7) is 4.48. The SMILES string of the molecule is CC1COC2(CCN(C(=O)c3nn(C)c4ccccc34)C2)C1. The average molecular weight is 299 g/mol. The summed E-state index contributed by atoms with van der Waals surface area (Å²) in [5.74, 6) is 0.613. The van der Waals surface area contributed by atoms with E-state index in [-0.39, 0.29) is 11.5 Å². The van der Waals surface area contributed by atoms with Crippen LogP contribution in [0.25, 0.3) is 10.9 Å². The molecule has 2 aliphatic heterocycles. The van der Waals surface area contributed by atoms with E-state index in [0.717, 1.165) is 36.9 Å². The Morgan fingerprint density at radius 3 is 3.00 bits per heavy atom. The Balaban J connectivity index is 1.62. The highest BCUT2D eigenvalue weighted by atomic mass is 16.5. The fourth-order valence-corrected chi connectivity index (χ4v) is 3.90. The smallest absolute Gasteiger partial charge is 0.275 e. The van der Waals surface area contributed by atoms with Crippen LogP contribution in [0, 0.1) is 5.92 Å². The molecule has 2 aliphatic rings. The minimum atomic E-state index is -0.111. The van der Waals surface area contributed by atoms with Gasteiger partial charge in [0.1, 0.15) is 0 Å². The second-order valence-corrected chi connectivity index (χ2v) is 6.77. The zero-order chi connectivity index (χ0) is 15.3. The number of likely N-dealkylation sites (tertiary alicyclic amines) is 1. The Kier molecular flexibility index (Phi) is 3.01. The summed E-state index contributed by atoms with van der Waals surface area (Å²) in [6, 6.07) is 7.88. The molecule has 5 heteroatoms. The van der Waals surface area contributed by atoms with E-state index in [4.69, 9.17) is 4.74 Å². The summed E-state index contributed by atoms with van der Waals surface area (Å²) in [5.41, 5.74) is 1.44. The van der Waals surface area contributed by atoms with Crippen LogP contribution in [0.4, 0.5) is 0 Å². The molecule has 1 aromatic carbocycles. The molecule has 2 aromatic rings. The molecular weight excluding hydrogens is 278 g/mol. The molecule has 22 heavy (non-hydrogen) atoms. The predicted octanol–water partition coefficient (Wildman–Crippen LogP) is 2.21. The maximum absolute atomic E-state index is 12.9. The fraction of sp³-hybridized carbons (Fsp3) is 0.529. The molecule has 2 fully saturated rings. The van der Waals surface area contributed by atoms with E-state index in [0.29, 0.717) is 18.2 Å². The van der Waals surface area contributed by atoms with E-state index >= 15 is 0 Å². The van der Waals surface area contributed by atoms with Crippen LogP contribution in [-0.4, -0.2) is 45.9 Å². The molecule has 0 bridgehead atoms. The Labute approximate surface area is 129 Å². The number of hydrogen-bond acceptors (Lipinski definition) is 3. The zero-order valence-corrected chi connectivity index (χ0v) is 13.1. The van der Waals surface area contributed by atoms with Gasteiger partial charge >= 0.3 is 0 Å². The van der Waals surface area contributed by atoms with Crippen LogP contribution in [0.3, 0.4) is 0 Å². The summed E-state index contributed by atoms with van der Waals surface area (Å²) in [4.78, 5) is 14.8. The van der Waals surface area contributed by atoms with Gasteiger partial charge in [-0.2, -0.15) is 5.10 Å². The van der Waals surface area contributed by atoms with E-state index < -0.39 is 0 Å². The van der Waals surface area contributed by atoms with Crippen molar-refractivity contribution in [3.05, 3.63) is 30.0 Å². The number of para-hydroxylation sites is 1. The highest BCUT2D eigenvalue weighted by molar-refractivity contribution is 6.05. The van der Waals surface area contributed by atoms with Crippen LogP contribution in [0.1, 0.15) is 30.3 Å². The van der Waals surface area contributed by atoms with Crippen molar-refractivity contribution in [2.45, 2.75) is 25.4 Å². The van der Waals surface area contributed by atoms with E-state index in [1.165, 1.54) is 0 Å². The maximum Gasteiger partial charge on any atom is 0.275 e. The van der Waals surface area contributed by atoms with E-state index in [2.05, 4.69) is 12.0 Å². The molecule has 0 radical (unpaired) electrons. The van der Waals surface area contributed by atoms with Crippen LogP contribution < -0.4 is 0 Å². The molecule has 3 heterocycles. The summed E-state index contributed by atoms with van der Waals surface area (Å²) < 4.78 is 7.78. The third-order valence-electron chi connectivity index (χ3n) is 4.96. The van der Waals surface area contributed by atoms with Gasteiger partial charge in [0.05, 0.1) is 24.3 Å². The molecule has 1 aromatic heterocycles. The maximum atomic E-state index is 12.9. The molecule has 2 saturated heterocycles. The fourth-order valence-electron chi connectivity index (χ4n) is 3.90. The zero-order valence-electron chi connectivity index (χ0n) is 13.1. The number of carbonyl (C=O) groups is 1. The first-order valence-corrected chi connectivity index (χ1v) is 7.93. The predicted molar refractivity (Wildman–Crippen MR) is 83.7 cm³/mol. The number of ether oxygens (including phenoxy) is 1. The largest absolute Gasteiger partial charge is 0.373 e. The van der Waals surface area contributed by atoms with E-state index in [9.17, 15) is 4.79 Å². The molecular formula is C17H21N3O2. The number of benzene rings is 1. The lowest BCUT2D eigenvalue weighted by Gasteiger charge is -2.23. The van der Waals surface area contributed by atoms with Crippen molar-refractivity contribution in [1.82, 2.24) is 14.7 Å². The second kappa shape index (κ2) is 4.81. The first-order valence-electron chi connectivity index (χ1n) is 7.93. The number of fused-ring (bicyclic) bond motifs is 1. The number of aromatic nitrogens is 2. The summed E-state index contributed by atoms with van der Waals surface area (Å²) in [5, 5.41) is 5.38. The monoisotopic (exact) mass is 299 g/mol. The lowest BCUT2D eigenvalue weighted by molar-refractivity contribution is 0.0118. The van der Waals surface area contributed by atoms with Crippen LogP contribution in [0.5, 0.6) is 0 Å². The quantitative estimate of drug-likeness (QED) is 0.811. The number of aryl methyl sites for hydroxylation is 1. The normalized spacial score (nSPS) is 28.1. The van der Waals surface area contributed by atoms with Crippen molar-refractivity contribution in [1.29, 1.82) is 0 Å². The van der Waals surface area contributed by atoms with Gasteiger partial charge in [0.2, 0.25) is 0 Å². The Bertz CT molecular complexity index is 739. The third-order valence-corrected chi connectivity index (χ3v) is 4.96. The van der Waals surface area contributed by atoms with Crippen molar-refractivity contribution in [2.24, 2.45) is 13.0 Å². The molecule has 2 unspecified atom stereocenters. The topological polar surface area (TPSA) is 47.4 Å². The van der Waals surface area contributed by atoms with Gasteiger partial charge in [-0.3, -0.25) is 9.48 Å². The van der Waals surface area contributed by atoms with Crippen LogP contribution in [0.2, 0.25) is 0 Å². The molecule has 0 saturated carbocycles. The van der Waals surface area contributed by atoms with Crippen molar-refractivity contribution in [3.8, 4) is 0 Å². The molecule has 4 rings (SSSR count). The van der Waals surface area contributed by atoms with Crippen molar-refractivity contribution in [3.63, 3.8) is 0 Å². The van der Waals surface area contributed by atoms with Crippen LogP contribution >= 0.6 is 0 Å². The third kappa shape index (κ3) is 2.03. The molecule has 2 atom stereocenters. The van der Waals surface area contributed by atoms with Gasteiger partial charge in [-0.1, -0.05) is 25.1 Å². The van der Waals surface area contributed by atoms with E-state index in [1.807, 2.05) is 36.2 Å². The minimum absolute atomic E-state index is 0.0248. The lowest BCUT2D eigenvalue weighted by atomic mass is 9.94. The van der Waals surface area contributed by atoms with Crippen molar-refractivity contribution >= 4 is 16.8 Å². The Morgan fingerprint density at radius 1 is 1.41 bits per heavy atom. The first kappa shape index (κ1) is 13.8. The van der Waals surface area contributed by atoms with Crippen LogP contribution in [0.15, 0.2) is 24.3 Å².